The number of ketones is 1. The molecule has 2 nitrogen and oxygen atoms in total. The molecule has 3 heteroatoms. The minimum atomic E-state index is -0.365. The maximum absolute atomic E-state index is 14.4. The molecule has 0 radical (unpaired) electrons. The van der Waals surface area contributed by atoms with Crippen LogP contribution in [0.1, 0.15) is 50.0 Å². The molecule has 1 aliphatic carbocycles. The Bertz CT molecular complexity index is 764. The van der Waals surface area contributed by atoms with E-state index >= 15 is 0 Å². The van der Waals surface area contributed by atoms with E-state index in [1.807, 2.05) is 18.2 Å². The number of ether oxygens (including phenoxy) is 1. The van der Waals surface area contributed by atoms with E-state index in [0.717, 1.165) is 17.5 Å². The Morgan fingerprint density at radius 1 is 1.25 bits per heavy atom. The summed E-state index contributed by atoms with van der Waals surface area (Å²) in [7, 11) is 0. The molecule has 2 aromatic carbocycles. The predicted molar refractivity (Wildman–Crippen MR) is 92.7 cm³/mol. The number of aryl methyl sites for hydroxylation is 1. The van der Waals surface area contributed by atoms with Gasteiger partial charge in [-0.05, 0) is 48.6 Å². The van der Waals surface area contributed by atoms with Gasteiger partial charge in [0, 0.05) is 11.8 Å². The highest BCUT2D eigenvalue weighted by Gasteiger charge is 2.40. The Morgan fingerprint density at radius 2 is 2.00 bits per heavy atom. The number of rotatable bonds is 5. The quantitative estimate of drug-likeness (QED) is 0.768. The summed E-state index contributed by atoms with van der Waals surface area (Å²) in [4.78, 5) is 11.1. The summed E-state index contributed by atoms with van der Waals surface area (Å²) in [6.45, 7) is 5.85. The highest BCUT2D eigenvalue weighted by molar-refractivity contribution is 5.75. The molecule has 0 spiro atoms. The van der Waals surface area contributed by atoms with Crippen molar-refractivity contribution in [3.05, 3.63) is 65.0 Å². The number of benzene rings is 2. The van der Waals surface area contributed by atoms with Gasteiger partial charge >= 0.3 is 0 Å². The number of carbonyl (C=O) groups excluding carboxylic acids is 1. The van der Waals surface area contributed by atoms with E-state index < -0.39 is 0 Å². The van der Waals surface area contributed by atoms with E-state index in [4.69, 9.17) is 4.74 Å². The Balaban J connectivity index is 1.82. The lowest BCUT2D eigenvalue weighted by atomic mass is 9.87. The van der Waals surface area contributed by atoms with Crippen molar-refractivity contribution in [1.82, 2.24) is 0 Å². The fraction of sp³-hybridized carbons (Fsp3) is 0.381. The summed E-state index contributed by atoms with van der Waals surface area (Å²) >= 11 is 0. The van der Waals surface area contributed by atoms with Crippen LogP contribution in [0.3, 0.4) is 0 Å². The number of fused-ring (bicyclic) bond motifs is 1. The first-order valence-corrected chi connectivity index (χ1v) is 8.39. The lowest BCUT2D eigenvalue weighted by Crippen LogP contribution is -2.23. The van der Waals surface area contributed by atoms with Crippen LogP contribution in [0.2, 0.25) is 0 Å². The van der Waals surface area contributed by atoms with E-state index in [1.165, 1.54) is 11.6 Å². The zero-order valence-electron chi connectivity index (χ0n) is 14.4. The maximum Gasteiger partial charge on any atom is 0.165 e. The van der Waals surface area contributed by atoms with E-state index in [2.05, 4.69) is 26.0 Å². The Hall–Kier alpha value is -2.16. The molecule has 2 aromatic rings. The van der Waals surface area contributed by atoms with Gasteiger partial charge in [0.2, 0.25) is 0 Å². The summed E-state index contributed by atoms with van der Waals surface area (Å²) in [5, 5.41) is 0. The van der Waals surface area contributed by atoms with E-state index in [-0.39, 0.29) is 28.9 Å². The number of halogens is 1. The van der Waals surface area contributed by atoms with Gasteiger partial charge in [-0.2, -0.15) is 0 Å². The minimum absolute atomic E-state index is 0.0799. The van der Waals surface area contributed by atoms with Crippen molar-refractivity contribution < 1.29 is 13.9 Å². The number of hydrogen-bond acceptors (Lipinski definition) is 2. The first-order valence-electron chi connectivity index (χ1n) is 8.39. The molecular formula is C21H23FO2. The fourth-order valence-electron chi connectivity index (χ4n) is 3.42. The number of Topliss-reactive ketones (excluding diaryl/α,β-unsaturated/α-hetero) is 1. The summed E-state index contributed by atoms with van der Waals surface area (Å²) in [6, 6.07) is 13.2. The van der Waals surface area contributed by atoms with Crippen molar-refractivity contribution in [2.75, 3.05) is 0 Å². The molecule has 1 aliphatic rings. The normalized spacial score (nSPS) is 18.2. The maximum atomic E-state index is 14.4. The molecule has 1 unspecified atom stereocenters. The zero-order chi connectivity index (χ0) is 17.3. The molecule has 3 rings (SSSR count). The number of hydrogen-bond donors (Lipinski definition) is 0. The molecule has 0 bridgehead atoms. The van der Waals surface area contributed by atoms with E-state index in [1.54, 1.807) is 13.0 Å². The van der Waals surface area contributed by atoms with Crippen molar-refractivity contribution in [3.63, 3.8) is 0 Å². The molecule has 0 fully saturated rings. The van der Waals surface area contributed by atoms with Gasteiger partial charge in [0.15, 0.2) is 11.6 Å². The first-order chi connectivity index (χ1) is 11.4. The van der Waals surface area contributed by atoms with Gasteiger partial charge in [-0.15, -0.1) is 0 Å². The van der Waals surface area contributed by atoms with Gasteiger partial charge in [0.25, 0.3) is 0 Å². The molecule has 0 aliphatic heterocycles. The molecule has 0 saturated heterocycles. The summed E-state index contributed by atoms with van der Waals surface area (Å²) < 4.78 is 20.5. The van der Waals surface area contributed by atoms with Crippen LogP contribution in [-0.2, 0) is 17.6 Å². The van der Waals surface area contributed by atoms with Gasteiger partial charge in [-0.25, -0.2) is 4.39 Å². The van der Waals surface area contributed by atoms with Crippen LogP contribution in [0.25, 0.3) is 0 Å². The summed E-state index contributed by atoms with van der Waals surface area (Å²) in [5.41, 5.74) is 3.15. The second kappa shape index (κ2) is 6.39. The topological polar surface area (TPSA) is 26.3 Å². The smallest absolute Gasteiger partial charge is 0.165 e. The van der Waals surface area contributed by atoms with Crippen LogP contribution in [-0.4, -0.2) is 5.78 Å². The average molecular weight is 326 g/mol. The first kappa shape index (κ1) is 16.7. The van der Waals surface area contributed by atoms with Crippen molar-refractivity contribution in [3.8, 4) is 5.75 Å². The van der Waals surface area contributed by atoms with Crippen LogP contribution in [0.4, 0.5) is 4.39 Å². The third-order valence-electron chi connectivity index (χ3n) is 4.70. The standard InChI is InChI=1S/C21H23FO2/c1-14(23)8-9-15-10-11-19(18(22)12-15)24-20-17-7-5-4-6-16(17)13-21(20,2)3/h4-7,10-12,20H,8-9,13H2,1-3H3. The van der Waals surface area contributed by atoms with Crippen molar-refractivity contribution in [1.29, 1.82) is 0 Å². The van der Waals surface area contributed by atoms with Gasteiger partial charge in [0.1, 0.15) is 11.9 Å². The molecule has 0 N–H and O–H groups in total. The lowest BCUT2D eigenvalue weighted by Gasteiger charge is -2.28. The van der Waals surface area contributed by atoms with E-state index in [0.29, 0.717) is 12.8 Å². The Kier molecular flexibility index (Phi) is 4.44. The lowest BCUT2D eigenvalue weighted by molar-refractivity contribution is -0.116. The zero-order valence-corrected chi connectivity index (χ0v) is 14.4. The fourth-order valence-corrected chi connectivity index (χ4v) is 3.42. The summed E-state index contributed by atoms with van der Waals surface area (Å²) in [6.07, 6.45) is 1.75. The molecule has 0 saturated carbocycles. The van der Waals surface area contributed by atoms with Crippen molar-refractivity contribution in [2.24, 2.45) is 5.41 Å². The Morgan fingerprint density at radius 3 is 2.71 bits per heavy atom. The molecule has 1 atom stereocenters. The predicted octanol–water partition coefficient (Wildman–Crippen LogP) is 5.05. The molecule has 126 valence electrons. The van der Waals surface area contributed by atoms with Crippen LogP contribution in [0.5, 0.6) is 5.75 Å². The van der Waals surface area contributed by atoms with Crippen molar-refractivity contribution in [2.45, 2.75) is 46.1 Å². The second-order valence-electron chi connectivity index (χ2n) is 7.33. The molecule has 24 heavy (non-hydrogen) atoms. The van der Waals surface area contributed by atoms with Gasteiger partial charge in [-0.3, -0.25) is 0 Å². The Labute approximate surface area is 142 Å². The highest BCUT2D eigenvalue weighted by atomic mass is 19.1. The second-order valence-corrected chi connectivity index (χ2v) is 7.33. The van der Waals surface area contributed by atoms with Gasteiger partial charge < -0.3 is 9.53 Å². The van der Waals surface area contributed by atoms with Gasteiger partial charge in [-0.1, -0.05) is 44.2 Å². The molecular weight excluding hydrogens is 303 g/mol. The third kappa shape index (κ3) is 3.35. The third-order valence-corrected chi connectivity index (χ3v) is 4.70. The molecule has 0 aromatic heterocycles. The molecule has 0 heterocycles. The van der Waals surface area contributed by atoms with Crippen LogP contribution >= 0.6 is 0 Å². The van der Waals surface area contributed by atoms with Crippen LogP contribution < -0.4 is 4.74 Å². The van der Waals surface area contributed by atoms with Crippen LogP contribution in [0, 0.1) is 11.2 Å². The van der Waals surface area contributed by atoms with Crippen LogP contribution in [0.15, 0.2) is 42.5 Å². The van der Waals surface area contributed by atoms with Crippen molar-refractivity contribution >= 4 is 5.78 Å². The van der Waals surface area contributed by atoms with E-state index in [9.17, 15) is 9.18 Å². The molecule has 0 amide bonds. The SMILES string of the molecule is CC(=O)CCc1ccc(OC2c3ccccc3CC2(C)C)c(F)c1. The van der Waals surface area contributed by atoms with Gasteiger partial charge in [0.05, 0.1) is 0 Å². The monoisotopic (exact) mass is 326 g/mol. The minimum Gasteiger partial charge on any atom is -0.482 e. The largest absolute Gasteiger partial charge is 0.482 e. The highest BCUT2D eigenvalue weighted by Crippen LogP contribution is 2.47. The number of carbonyl (C=O) groups is 1. The average Bonchev–Trinajstić information content (AvgIpc) is 2.77. The summed E-state index contributed by atoms with van der Waals surface area (Å²) in [5.74, 6) is 0.0210.